The highest BCUT2D eigenvalue weighted by atomic mass is 32.2. The van der Waals surface area contributed by atoms with Crippen molar-refractivity contribution in [3.05, 3.63) is 0 Å². The van der Waals surface area contributed by atoms with Crippen molar-refractivity contribution >= 4 is 17.7 Å². The van der Waals surface area contributed by atoms with E-state index in [4.69, 9.17) is 0 Å². The van der Waals surface area contributed by atoms with Crippen molar-refractivity contribution in [3.63, 3.8) is 0 Å². The second kappa shape index (κ2) is 5.80. The zero-order valence-corrected chi connectivity index (χ0v) is 12.1. The Labute approximate surface area is 113 Å². The molecule has 1 aliphatic carbocycles. The number of aliphatic hydroxyl groups is 1. The molecule has 1 amide bonds. The summed E-state index contributed by atoms with van der Waals surface area (Å²) in [7, 11) is 0. The summed E-state index contributed by atoms with van der Waals surface area (Å²) >= 11 is 1.65. The van der Waals surface area contributed by atoms with Gasteiger partial charge >= 0.3 is 0 Å². The fourth-order valence-electron chi connectivity index (χ4n) is 2.46. The summed E-state index contributed by atoms with van der Waals surface area (Å²) in [5.41, 5.74) is -1.12. The quantitative estimate of drug-likeness (QED) is 0.752. The third-order valence-electron chi connectivity index (χ3n) is 3.76. The van der Waals surface area contributed by atoms with E-state index in [9.17, 15) is 9.90 Å². The van der Waals surface area contributed by atoms with E-state index in [1.54, 1.807) is 11.8 Å². The summed E-state index contributed by atoms with van der Waals surface area (Å²) in [6, 6.07) is 1.24. The molecule has 1 saturated carbocycles. The van der Waals surface area contributed by atoms with Gasteiger partial charge in [0.2, 0.25) is 0 Å². The van der Waals surface area contributed by atoms with Crippen LogP contribution in [0.25, 0.3) is 0 Å². The van der Waals surface area contributed by atoms with Crippen LogP contribution in [0.2, 0.25) is 0 Å². The Hall–Kier alpha value is -0.260. The van der Waals surface area contributed by atoms with Crippen LogP contribution in [0.4, 0.5) is 0 Å². The van der Waals surface area contributed by atoms with Gasteiger partial charge in [0.1, 0.15) is 0 Å². The van der Waals surface area contributed by atoms with Gasteiger partial charge in [0.25, 0.3) is 5.91 Å². The van der Waals surface area contributed by atoms with E-state index in [1.807, 2.05) is 0 Å². The van der Waals surface area contributed by atoms with Gasteiger partial charge in [-0.05, 0) is 38.9 Å². The highest BCUT2D eigenvalue weighted by Crippen LogP contribution is 2.29. The Kier molecular flexibility index (Phi) is 4.56. The Morgan fingerprint density at radius 3 is 2.78 bits per heavy atom. The molecular formula is C13H24N2O2S. The normalized spacial score (nSPS) is 28.1. The lowest BCUT2D eigenvalue weighted by atomic mass is 10.0. The summed E-state index contributed by atoms with van der Waals surface area (Å²) in [4.78, 5) is 14.3. The standard InChI is InChI=1S/C13H24N2O2S/c1-10(2)15(11-3-4-11)7-6-14-12(16)13(17)5-8-18-9-13/h10-11,17H,3-9H2,1-2H3,(H,14,16). The average molecular weight is 272 g/mol. The molecular weight excluding hydrogens is 248 g/mol. The van der Waals surface area contributed by atoms with E-state index < -0.39 is 5.60 Å². The molecule has 1 atom stereocenters. The molecule has 0 radical (unpaired) electrons. The second-order valence-electron chi connectivity index (χ2n) is 5.65. The first kappa shape index (κ1) is 14.2. The molecule has 2 N–H and O–H groups in total. The molecule has 2 aliphatic rings. The highest BCUT2D eigenvalue weighted by Gasteiger charge is 2.39. The monoisotopic (exact) mass is 272 g/mol. The number of nitrogens with zero attached hydrogens (tertiary/aromatic N) is 1. The lowest BCUT2D eigenvalue weighted by Crippen LogP contribution is -2.49. The van der Waals surface area contributed by atoms with Gasteiger partial charge in [0.15, 0.2) is 5.60 Å². The molecule has 4 nitrogen and oxygen atoms in total. The Bertz CT molecular complexity index is 297. The van der Waals surface area contributed by atoms with Crippen LogP contribution in [-0.2, 0) is 4.79 Å². The molecule has 5 heteroatoms. The summed E-state index contributed by atoms with van der Waals surface area (Å²) in [5, 5.41) is 13.0. The van der Waals surface area contributed by atoms with E-state index in [1.165, 1.54) is 12.8 Å². The summed E-state index contributed by atoms with van der Waals surface area (Å²) < 4.78 is 0. The van der Waals surface area contributed by atoms with Crippen LogP contribution in [0.15, 0.2) is 0 Å². The molecule has 104 valence electrons. The Morgan fingerprint density at radius 1 is 1.56 bits per heavy atom. The first-order valence-electron chi connectivity index (χ1n) is 6.87. The number of carbonyl (C=O) groups is 1. The van der Waals surface area contributed by atoms with Gasteiger partial charge in [-0.15, -0.1) is 0 Å². The number of carbonyl (C=O) groups excluding carboxylic acids is 1. The van der Waals surface area contributed by atoms with Crippen LogP contribution in [0.3, 0.4) is 0 Å². The van der Waals surface area contributed by atoms with E-state index in [0.717, 1.165) is 12.3 Å². The van der Waals surface area contributed by atoms with Crippen molar-refractivity contribution in [2.24, 2.45) is 0 Å². The zero-order chi connectivity index (χ0) is 13.2. The molecule has 1 saturated heterocycles. The lowest BCUT2D eigenvalue weighted by molar-refractivity contribution is -0.137. The van der Waals surface area contributed by atoms with Crippen molar-refractivity contribution < 1.29 is 9.90 Å². The maximum atomic E-state index is 11.9. The number of thioether (sulfide) groups is 1. The number of nitrogens with one attached hydrogen (secondary N) is 1. The van der Waals surface area contributed by atoms with Crippen LogP contribution >= 0.6 is 11.8 Å². The molecule has 1 aliphatic heterocycles. The molecule has 18 heavy (non-hydrogen) atoms. The van der Waals surface area contributed by atoms with Gasteiger partial charge in [-0.3, -0.25) is 9.69 Å². The topological polar surface area (TPSA) is 52.6 Å². The summed E-state index contributed by atoms with van der Waals surface area (Å²) in [5.74, 6) is 1.23. The third kappa shape index (κ3) is 3.39. The summed E-state index contributed by atoms with van der Waals surface area (Å²) in [6.07, 6.45) is 3.15. The van der Waals surface area contributed by atoms with Crippen molar-refractivity contribution in [3.8, 4) is 0 Å². The van der Waals surface area contributed by atoms with E-state index >= 15 is 0 Å². The van der Waals surface area contributed by atoms with Crippen LogP contribution in [-0.4, -0.2) is 58.2 Å². The van der Waals surface area contributed by atoms with Crippen LogP contribution in [0.5, 0.6) is 0 Å². The van der Waals surface area contributed by atoms with Gasteiger partial charge < -0.3 is 10.4 Å². The zero-order valence-electron chi connectivity index (χ0n) is 11.3. The highest BCUT2D eigenvalue weighted by molar-refractivity contribution is 7.99. The fraction of sp³-hybridized carbons (Fsp3) is 0.923. The minimum atomic E-state index is -1.12. The SMILES string of the molecule is CC(C)N(CCNC(=O)C1(O)CCSC1)C1CC1. The van der Waals surface area contributed by atoms with Crippen molar-refractivity contribution in [1.29, 1.82) is 0 Å². The first-order chi connectivity index (χ1) is 8.53. The molecule has 0 spiro atoms. The van der Waals surface area contributed by atoms with Crippen molar-refractivity contribution in [1.82, 2.24) is 10.2 Å². The predicted octanol–water partition coefficient (Wildman–Crippen LogP) is 0.843. The molecule has 1 heterocycles. The van der Waals surface area contributed by atoms with Gasteiger partial charge in [-0.1, -0.05) is 0 Å². The van der Waals surface area contributed by atoms with Crippen LogP contribution < -0.4 is 5.32 Å². The molecule has 1 unspecified atom stereocenters. The maximum absolute atomic E-state index is 11.9. The Balaban J connectivity index is 1.72. The largest absolute Gasteiger partial charge is 0.379 e. The molecule has 2 fully saturated rings. The van der Waals surface area contributed by atoms with E-state index in [0.29, 0.717) is 30.8 Å². The van der Waals surface area contributed by atoms with Gasteiger partial charge in [0.05, 0.1) is 0 Å². The van der Waals surface area contributed by atoms with E-state index in [-0.39, 0.29) is 5.91 Å². The number of rotatable bonds is 6. The van der Waals surface area contributed by atoms with Gasteiger partial charge in [-0.2, -0.15) is 11.8 Å². The molecule has 0 aromatic rings. The van der Waals surface area contributed by atoms with Gasteiger partial charge in [0, 0.05) is 30.9 Å². The smallest absolute Gasteiger partial charge is 0.252 e. The van der Waals surface area contributed by atoms with Crippen molar-refractivity contribution in [2.75, 3.05) is 24.6 Å². The maximum Gasteiger partial charge on any atom is 0.252 e. The van der Waals surface area contributed by atoms with Gasteiger partial charge in [-0.25, -0.2) is 0 Å². The molecule has 2 rings (SSSR count). The van der Waals surface area contributed by atoms with Crippen LogP contribution in [0.1, 0.15) is 33.1 Å². The van der Waals surface area contributed by atoms with Crippen molar-refractivity contribution in [2.45, 2.75) is 50.8 Å². The average Bonchev–Trinajstić information content (AvgIpc) is 3.05. The Morgan fingerprint density at radius 2 is 2.28 bits per heavy atom. The third-order valence-corrected chi connectivity index (χ3v) is 4.93. The number of hydrogen-bond acceptors (Lipinski definition) is 4. The second-order valence-corrected chi connectivity index (χ2v) is 6.76. The molecule has 0 bridgehead atoms. The minimum absolute atomic E-state index is 0.188. The number of hydrogen-bond donors (Lipinski definition) is 2. The molecule has 0 aromatic carbocycles. The number of amides is 1. The fourth-order valence-corrected chi connectivity index (χ4v) is 3.70. The van der Waals surface area contributed by atoms with E-state index in [2.05, 4.69) is 24.1 Å². The first-order valence-corrected chi connectivity index (χ1v) is 8.02. The predicted molar refractivity (Wildman–Crippen MR) is 74.8 cm³/mol. The lowest BCUT2D eigenvalue weighted by Gasteiger charge is -2.27. The summed E-state index contributed by atoms with van der Waals surface area (Å²) in [6.45, 7) is 5.92. The van der Waals surface area contributed by atoms with Crippen LogP contribution in [0, 0.1) is 0 Å². The minimum Gasteiger partial charge on any atom is -0.379 e. The molecule has 0 aromatic heterocycles.